The van der Waals surface area contributed by atoms with Crippen LogP contribution in [0.5, 0.6) is 0 Å². The largest absolute Gasteiger partial charge is 0.340 e. The molecule has 2 amide bonds. The van der Waals surface area contributed by atoms with Crippen LogP contribution in [0.2, 0.25) is 5.02 Å². The third-order valence-electron chi connectivity index (χ3n) is 2.59. The van der Waals surface area contributed by atoms with Gasteiger partial charge in [-0.05, 0) is 24.5 Å². The first kappa shape index (κ1) is 15.5. The Hall–Kier alpha value is -1.59. The Kier molecular flexibility index (Phi) is 5.79. The molecule has 0 unspecified atom stereocenters. The third-order valence-corrected chi connectivity index (χ3v) is 2.92. The SMILES string of the molecule is CC(C)C[C@H](NC(=O)c1ccccc1Cl)C(=O)NN. The zero-order chi connectivity index (χ0) is 14.4. The Balaban J connectivity index is 2.82. The van der Waals surface area contributed by atoms with Crippen molar-refractivity contribution in [2.24, 2.45) is 11.8 Å². The van der Waals surface area contributed by atoms with E-state index in [1.54, 1.807) is 24.3 Å². The third kappa shape index (κ3) is 4.54. The van der Waals surface area contributed by atoms with E-state index in [9.17, 15) is 9.59 Å². The highest BCUT2D eigenvalue weighted by Gasteiger charge is 2.22. The summed E-state index contributed by atoms with van der Waals surface area (Å²) in [5.74, 6) is 4.55. The number of benzene rings is 1. The minimum Gasteiger partial charge on any atom is -0.340 e. The van der Waals surface area contributed by atoms with Gasteiger partial charge in [-0.3, -0.25) is 15.0 Å². The Morgan fingerprint density at radius 1 is 1.32 bits per heavy atom. The van der Waals surface area contributed by atoms with Crippen molar-refractivity contribution in [3.05, 3.63) is 34.9 Å². The molecule has 0 aliphatic rings. The van der Waals surface area contributed by atoms with E-state index in [4.69, 9.17) is 17.4 Å². The number of carbonyl (C=O) groups excluding carboxylic acids is 2. The lowest BCUT2D eigenvalue weighted by atomic mass is 10.0. The molecule has 1 rings (SSSR count). The summed E-state index contributed by atoms with van der Waals surface area (Å²) in [4.78, 5) is 23.7. The Morgan fingerprint density at radius 2 is 1.95 bits per heavy atom. The molecule has 0 saturated carbocycles. The molecule has 6 heteroatoms. The van der Waals surface area contributed by atoms with Crippen molar-refractivity contribution in [3.63, 3.8) is 0 Å². The van der Waals surface area contributed by atoms with Crippen LogP contribution in [-0.4, -0.2) is 17.9 Å². The van der Waals surface area contributed by atoms with E-state index in [-0.39, 0.29) is 11.8 Å². The highest BCUT2D eigenvalue weighted by Crippen LogP contribution is 2.15. The van der Waals surface area contributed by atoms with Gasteiger partial charge in [0.2, 0.25) is 0 Å². The number of hydrogen-bond acceptors (Lipinski definition) is 3. The number of hydrogen-bond donors (Lipinski definition) is 3. The molecule has 104 valence electrons. The second-order valence-corrected chi connectivity index (χ2v) is 5.05. The molecule has 1 aromatic rings. The summed E-state index contributed by atoms with van der Waals surface area (Å²) in [7, 11) is 0. The van der Waals surface area contributed by atoms with E-state index in [0.717, 1.165) is 0 Å². The van der Waals surface area contributed by atoms with Crippen LogP contribution in [0.25, 0.3) is 0 Å². The highest BCUT2D eigenvalue weighted by atomic mass is 35.5. The summed E-state index contributed by atoms with van der Waals surface area (Å²) >= 11 is 5.94. The molecule has 4 N–H and O–H groups in total. The molecule has 0 aliphatic carbocycles. The van der Waals surface area contributed by atoms with Crippen LogP contribution in [0.15, 0.2) is 24.3 Å². The van der Waals surface area contributed by atoms with Crippen molar-refractivity contribution in [1.82, 2.24) is 10.7 Å². The maximum atomic E-state index is 12.1. The normalized spacial score (nSPS) is 12.1. The summed E-state index contributed by atoms with van der Waals surface area (Å²) in [6.45, 7) is 3.91. The van der Waals surface area contributed by atoms with E-state index in [1.165, 1.54) is 0 Å². The van der Waals surface area contributed by atoms with Gasteiger partial charge in [0.1, 0.15) is 6.04 Å². The predicted molar refractivity (Wildman–Crippen MR) is 74.5 cm³/mol. The lowest BCUT2D eigenvalue weighted by molar-refractivity contribution is -0.123. The molecular formula is C13H18ClN3O2. The number of nitrogens with one attached hydrogen (secondary N) is 2. The van der Waals surface area contributed by atoms with Gasteiger partial charge in [-0.15, -0.1) is 0 Å². The van der Waals surface area contributed by atoms with Crippen molar-refractivity contribution in [2.75, 3.05) is 0 Å². The number of hydrazine groups is 1. The number of rotatable bonds is 5. The molecule has 0 bridgehead atoms. The summed E-state index contributed by atoms with van der Waals surface area (Å²) < 4.78 is 0. The van der Waals surface area contributed by atoms with Crippen LogP contribution in [-0.2, 0) is 4.79 Å². The smallest absolute Gasteiger partial charge is 0.256 e. The zero-order valence-corrected chi connectivity index (χ0v) is 11.7. The minimum atomic E-state index is -0.672. The predicted octanol–water partition coefficient (Wildman–Crippen LogP) is 1.47. The first-order valence-electron chi connectivity index (χ1n) is 6.01. The Bertz CT molecular complexity index is 463. The lowest BCUT2D eigenvalue weighted by Crippen LogP contribution is -2.49. The average molecular weight is 284 g/mol. The van der Waals surface area contributed by atoms with Crippen LogP contribution >= 0.6 is 11.6 Å². The molecular weight excluding hydrogens is 266 g/mol. The molecule has 0 fully saturated rings. The molecule has 0 saturated heterocycles. The summed E-state index contributed by atoms with van der Waals surface area (Å²) in [6.07, 6.45) is 0.499. The van der Waals surface area contributed by atoms with E-state index >= 15 is 0 Å². The van der Waals surface area contributed by atoms with Gasteiger partial charge < -0.3 is 5.32 Å². The van der Waals surface area contributed by atoms with Crippen LogP contribution < -0.4 is 16.6 Å². The van der Waals surface area contributed by atoms with Gasteiger partial charge in [-0.1, -0.05) is 37.6 Å². The van der Waals surface area contributed by atoms with Gasteiger partial charge in [0.05, 0.1) is 10.6 Å². The Morgan fingerprint density at radius 3 is 2.47 bits per heavy atom. The van der Waals surface area contributed by atoms with Crippen molar-refractivity contribution in [1.29, 1.82) is 0 Å². The number of nitrogens with two attached hydrogens (primary N) is 1. The van der Waals surface area contributed by atoms with Crippen molar-refractivity contribution < 1.29 is 9.59 Å². The molecule has 0 heterocycles. The Labute approximate surface area is 117 Å². The van der Waals surface area contributed by atoms with Crippen molar-refractivity contribution >= 4 is 23.4 Å². The van der Waals surface area contributed by atoms with E-state index in [2.05, 4.69) is 10.7 Å². The van der Waals surface area contributed by atoms with Crippen molar-refractivity contribution in [3.8, 4) is 0 Å². The standard InChI is InChI=1S/C13H18ClN3O2/c1-8(2)7-11(13(19)17-15)16-12(18)9-5-3-4-6-10(9)14/h3-6,8,11H,7,15H2,1-2H3,(H,16,18)(H,17,19)/t11-/m0/s1. The summed E-state index contributed by atoms with van der Waals surface area (Å²) in [5, 5.41) is 2.98. The van der Waals surface area contributed by atoms with Gasteiger partial charge >= 0.3 is 0 Å². The number of carbonyl (C=O) groups is 2. The minimum absolute atomic E-state index is 0.244. The van der Waals surface area contributed by atoms with Gasteiger partial charge in [-0.25, -0.2) is 5.84 Å². The van der Waals surface area contributed by atoms with E-state index in [1.807, 2.05) is 13.8 Å². The first-order chi connectivity index (χ1) is 8.95. The maximum Gasteiger partial charge on any atom is 0.256 e. The summed E-state index contributed by atoms with van der Waals surface area (Å²) in [6, 6.07) is 5.99. The fourth-order valence-electron chi connectivity index (χ4n) is 1.68. The first-order valence-corrected chi connectivity index (χ1v) is 6.39. The van der Waals surface area contributed by atoms with E-state index < -0.39 is 11.9 Å². The molecule has 19 heavy (non-hydrogen) atoms. The van der Waals surface area contributed by atoms with Gasteiger partial charge in [-0.2, -0.15) is 0 Å². The van der Waals surface area contributed by atoms with Crippen LogP contribution in [0.4, 0.5) is 0 Å². The molecule has 1 atom stereocenters. The van der Waals surface area contributed by atoms with Crippen LogP contribution in [0.3, 0.4) is 0 Å². The van der Waals surface area contributed by atoms with Crippen LogP contribution in [0, 0.1) is 5.92 Å². The lowest BCUT2D eigenvalue weighted by Gasteiger charge is -2.19. The average Bonchev–Trinajstić information content (AvgIpc) is 2.36. The molecule has 0 radical (unpaired) electrons. The van der Waals surface area contributed by atoms with Crippen LogP contribution in [0.1, 0.15) is 30.6 Å². The molecule has 0 aromatic heterocycles. The quantitative estimate of drug-likeness (QED) is 0.435. The number of halogens is 1. The molecule has 0 spiro atoms. The fourth-order valence-corrected chi connectivity index (χ4v) is 1.91. The number of amides is 2. The highest BCUT2D eigenvalue weighted by molar-refractivity contribution is 6.33. The topological polar surface area (TPSA) is 84.2 Å². The maximum absolute atomic E-state index is 12.1. The second-order valence-electron chi connectivity index (χ2n) is 4.64. The van der Waals surface area contributed by atoms with Gasteiger partial charge in [0.25, 0.3) is 11.8 Å². The fraction of sp³-hybridized carbons (Fsp3) is 0.385. The molecule has 1 aromatic carbocycles. The van der Waals surface area contributed by atoms with E-state index in [0.29, 0.717) is 17.0 Å². The zero-order valence-electron chi connectivity index (χ0n) is 10.9. The van der Waals surface area contributed by atoms with Crippen molar-refractivity contribution in [2.45, 2.75) is 26.3 Å². The molecule has 0 aliphatic heterocycles. The molecule has 5 nitrogen and oxygen atoms in total. The second kappa shape index (κ2) is 7.11. The van der Waals surface area contributed by atoms with Gasteiger partial charge in [0, 0.05) is 0 Å². The monoisotopic (exact) mass is 283 g/mol. The van der Waals surface area contributed by atoms with Gasteiger partial charge in [0.15, 0.2) is 0 Å². The summed E-state index contributed by atoms with van der Waals surface area (Å²) in [5.41, 5.74) is 2.39.